The molecule has 0 spiro atoms. The molecule has 1 aliphatic heterocycles. The Kier molecular flexibility index (Phi) is 3.86. The minimum absolute atomic E-state index is 0.247. The fourth-order valence-corrected chi connectivity index (χ4v) is 2.20. The van der Waals surface area contributed by atoms with Gasteiger partial charge >= 0.3 is 0 Å². The Bertz CT molecular complexity index is 373. The molecule has 17 heavy (non-hydrogen) atoms. The highest BCUT2D eigenvalue weighted by Crippen LogP contribution is 2.21. The van der Waals surface area contributed by atoms with E-state index in [4.69, 9.17) is 10.8 Å². The van der Waals surface area contributed by atoms with E-state index < -0.39 is 0 Å². The number of nitrogens with zero attached hydrogens (tertiary/aromatic N) is 2. The predicted molar refractivity (Wildman–Crippen MR) is 71.3 cm³/mol. The van der Waals surface area contributed by atoms with E-state index in [0.29, 0.717) is 0 Å². The first-order valence-corrected chi connectivity index (χ1v) is 6.15. The molecule has 0 atom stereocenters. The van der Waals surface area contributed by atoms with E-state index in [1.807, 2.05) is 6.92 Å². The van der Waals surface area contributed by atoms with Crippen molar-refractivity contribution in [3.63, 3.8) is 0 Å². The molecule has 4 heteroatoms. The third-order valence-corrected chi connectivity index (χ3v) is 3.42. The summed E-state index contributed by atoms with van der Waals surface area (Å²) in [5, 5.41) is 8.90. The Morgan fingerprint density at radius 3 is 2.53 bits per heavy atom. The summed E-state index contributed by atoms with van der Waals surface area (Å²) in [6.07, 6.45) is 0. The highest BCUT2D eigenvalue weighted by atomic mass is 16.3. The molecule has 1 aromatic carbocycles. The van der Waals surface area contributed by atoms with Gasteiger partial charge < -0.3 is 15.7 Å². The van der Waals surface area contributed by atoms with Gasteiger partial charge in [-0.05, 0) is 24.6 Å². The third-order valence-electron chi connectivity index (χ3n) is 3.42. The second-order valence-corrected chi connectivity index (χ2v) is 4.59. The maximum Gasteiger partial charge on any atom is 0.0558 e. The molecule has 1 heterocycles. The molecule has 3 N–H and O–H groups in total. The van der Waals surface area contributed by atoms with Crippen molar-refractivity contribution in [1.29, 1.82) is 0 Å². The zero-order chi connectivity index (χ0) is 12.3. The molecule has 0 radical (unpaired) electrons. The number of benzene rings is 1. The average molecular weight is 235 g/mol. The molecule has 1 saturated heterocycles. The normalized spacial score (nSPS) is 17.4. The molecule has 1 aromatic rings. The van der Waals surface area contributed by atoms with Crippen molar-refractivity contribution in [3.8, 4) is 0 Å². The van der Waals surface area contributed by atoms with Gasteiger partial charge in [-0.2, -0.15) is 0 Å². The third kappa shape index (κ3) is 2.90. The highest BCUT2D eigenvalue weighted by Gasteiger charge is 2.16. The Hall–Kier alpha value is -1.26. The second-order valence-electron chi connectivity index (χ2n) is 4.59. The minimum atomic E-state index is 0.247. The fourth-order valence-electron chi connectivity index (χ4n) is 2.20. The largest absolute Gasteiger partial charge is 0.398 e. The van der Waals surface area contributed by atoms with Gasteiger partial charge in [0.1, 0.15) is 0 Å². The van der Waals surface area contributed by atoms with E-state index in [0.717, 1.165) is 44.0 Å². The quantitative estimate of drug-likeness (QED) is 0.757. The molecule has 94 valence electrons. The molecule has 4 nitrogen and oxygen atoms in total. The van der Waals surface area contributed by atoms with Gasteiger partial charge in [-0.3, -0.25) is 4.90 Å². The van der Waals surface area contributed by atoms with Gasteiger partial charge in [0.2, 0.25) is 0 Å². The van der Waals surface area contributed by atoms with Crippen LogP contribution in [0.25, 0.3) is 0 Å². The number of rotatable bonds is 3. The Labute approximate surface area is 103 Å². The van der Waals surface area contributed by atoms with Gasteiger partial charge in [-0.1, -0.05) is 6.07 Å². The van der Waals surface area contributed by atoms with Crippen molar-refractivity contribution < 1.29 is 5.11 Å². The lowest BCUT2D eigenvalue weighted by Crippen LogP contribution is -2.47. The summed E-state index contributed by atoms with van der Waals surface area (Å²) in [6.45, 7) is 7.08. The fraction of sp³-hybridized carbons (Fsp3) is 0.538. The standard InChI is InChI=1S/C13H21N3O/c1-11-2-3-12(10-13(11)14)16-6-4-15(5-7-16)8-9-17/h2-3,10,17H,4-9,14H2,1H3. The SMILES string of the molecule is Cc1ccc(N2CCN(CCO)CC2)cc1N. The number of piperazine rings is 1. The highest BCUT2D eigenvalue weighted by molar-refractivity contribution is 5.59. The van der Waals surface area contributed by atoms with Crippen LogP contribution in [0.1, 0.15) is 5.56 Å². The summed E-state index contributed by atoms with van der Waals surface area (Å²) in [5.74, 6) is 0. The Morgan fingerprint density at radius 2 is 1.94 bits per heavy atom. The van der Waals surface area contributed by atoms with E-state index in [1.165, 1.54) is 5.69 Å². The van der Waals surface area contributed by atoms with Crippen LogP contribution in [-0.2, 0) is 0 Å². The average Bonchev–Trinajstić information content (AvgIpc) is 2.34. The van der Waals surface area contributed by atoms with Gasteiger partial charge in [0.05, 0.1) is 6.61 Å². The van der Waals surface area contributed by atoms with Gasteiger partial charge in [0, 0.05) is 44.1 Å². The van der Waals surface area contributed by atoms with Crippen LogP contribution < -0.4 is 10.6 Å². The lowest BCUT2D eigenvalue weighted by Gasteiger charge is -2.36. The summed E-state index contributed by atoms with van der Waals surface area (Å²) in [4.78, 5) is 4.64. The summed E-state index contributed by atoms with van der Waals surface area (Å²) in [6, 6.07) is 6.26. The number of β-amino-alcohol motifs (C(OH)–C–C–N with tert-alkyl or cyclic N) is 1. The Morgan fingerprint density at radius 1 is 1.24 bits per heavy atom. The van der Waals surface area contributed by atoms with Crippen LogP contribution in [0, 0.1) is 6.92 Å². The van der Waals surface area contributed by atoms with Crippen molar-refractivity contribution in [2.45, 2.75) is 6.92 Å². The number of anilines is 2. The van der Waals surface area contributed by atoms with Crippen LogP contribution in [0.5, 0.6) is 0 Å². The maximum absolute atomic E-state index is 8.90. The molecule has 0 bridgehead atoms. The van der Waals surface area contributed by atoms with Crippen LogP contribution in [-0.4, -0.2) is 49.3 Å². The van der Waals surface area contributed by atoms with Crippen LogP contribution in [0.15, 0.2) is 18.2 Å². The topological polar surface area (TPSA) is 52.7 Å². The van der Waals surface area contributed by atoms with E-state index in [1.54, 1.807) is 0 Å². The molecular formula is C13H21N3O. The van der Waals surface area contributed by atoms with E-state index >= 15 is 0 Å². The molecule has 2 rings (SSSR count). The lowest BCUT2D eigenvalue weighted by molar-refractivity contribution is 0.189. The van der Waals surface area contributed by atoms with Crippen LogP contribution in [0.3, 0.4) is 0 Å². The molecule has 0 amide bonds. The lowest BCUT2D eigenvalue weighted by atomic mass is 10.1. The number of nitrogens with two attached hydrogens (primary N) is 1. The zero-order valence-electron chi connectivity index (χ0n) is 10.4. The van der Waals surface area contributed by atoms with Crippen molar-refractivity contribution in [2.75, 3.05) is 50.0 Å². The summed E-state index contributed by atoms with van der Waals surface area (Å²) >= 11 is 0. The van der Waals surface area contributed by atoms with E-state index in [-0.39, 0.29) is 6.61 Å². The van der Waals surface area contributed by atoms with E-state index in [2.05, 4.69) is 28.0 Å². The summed E-state index contributed by atoms with van der Waals surface area (Å²) < 4.78 is 0. The Balaban J connectivity index is 1.98. The second kappa shape index (κ2) is 5.38. The van der Waals surface area contributed by atoms with Crippen molar-refractivity contribution in [1.82, 2.24) is 4.90 Å². The minimum Gasteiger partial charge on any atom is -0.398 e. The van der Waals surface area contributed by atoms with Crippen LogP contribution in [0.4, 0.5) is 11.4 Å². The number of aliphatic hydroxyl groups is 1. The maximum atomic E-state index is 8.90. The molecule has 0 aliphatic carbocycles. The number of hydrogen-bond donors (Lipinski definition) is 2. The van der Waals surface area contributed by atoms with Crippen LogP contribution in [0.2, 0.25) is 0 Å². The first-order chi connectivity index (χ1) is 8.20. The molecule has 0 aromatic heterocycles. The molecular weight excluding hydrogens is 214 g/mol. The van der Waals surface area contributed by atoms with Crippen molar-refractivity contribution in [3.05, 3.63) is 23.8 Å². The molecule has 0 saturated carbocycles. The van der Waals surface area contributed by atoms with Crippen molar-refractivity contribution >= 4 is 11.4 Å². The van der Waals surface area contributed by atoms with Gasteiger partial charge in [0.15, 0.2) is 0 Å². The summed E-state index contributed by atoms with van der Waals surface area (Å²) in [7, 11) is 0. The van der Waals surface area contributed by atoms with E-state index in [9.17, 15) is 0 Å². The van der Waals surface area contributed by atoms with Crippen LogP contribution >= 0.6 is 0 Å². The van der Waals surface area contributed by atoms with Gasteiger partial charge in [-0.25, -0.2) is 0 Å². The van der Waals surface area contributed by atoms with Gasteiger partial charge in [-0.15, -0.1) is 0 Å². The zero-order valence-corrected chi connectivity index (χ0v) is 10.4. The summed E-state index contributed by atoms with van der Waals surface area (Å²) in [5.41, 5.74) is 9.13. The van der Waals surface area contributed by atoms with Gasteiger partial charge in [0.25, 0.3) is 0 Å². The first kappa shape index (κ1) is 12.2. The predicted octanol–water partition coefficient (Wildman–Crippen LogP) is 0.692. The molecule has 1 aliphatic rings. The first-order valence-electron chi connectivity index (χ1n) is 6.15. The number of aryl methyl sites for hydroxylation is 1. The smallest absolute Gasteiger partial charge is 0.0558 e. The number of nitrogen functional groups attached to an aromatic ring is 1. The van der Waals surface area contributed by atoms with Crippen molar-refractivity contribution in [2.24, 2.45) is 0 Å². The number of aliphatic hydroxyl groups excluding tert-OH is 1. The molecule has 1 fully saturated rings. The monoisotopic (exact) mass is 235 g/mol. The molecule has 0 unspecified atom stereocenters. The number of hydrogen-bond acceptors (Lipinski definition) is 4.